The second kappa shape index (κ2) is 4.61. The molecule has 1 aliphatic rings. The molecule has 0 fully saturated rings. The number of fused-ring (bicyclic) bond motifs is 1. The molecule has 0 aromatic heterocycles. The van der Waals surface area contributed by atoms with E-state index in [0.29, 0.717) is 22.4 Å². The van der Waals surface area contributed by atoms with Crippen LogP contribution in [-0.2, 0) is 11.2 Å². The van der Waals surface area contributed by atoms with Gasteiger partial charge in [-0.1, -0.05) is 0 Å². The number of hydrogen-bond donors (Lipinski definition) is 1. The molecule has 96 valence electrons. The Morgan fingerprint density at radius 2 is 2.22 bits per heavy atom. The van der Waals surface area contributed by atoms with Gasteiger partial charge in [0.25, 0.3) is 5.78 Å². The Labute approximate surface area is 112 Å². The summed E-state index contributed by atoms with van der Waals surface area (Å²) in [4.78, 5) is 22.4. The van der Waals surface area contributed by atoms with Crippen molar-refractivity contribution in [3.8, 4) is 11.5 Å². The number of carboxylic acid groups (broad SMARTS) is 1. The first-order valence-corrected chi connectivity index (χ1v) is 6.08. The highest BCUT2D eigenvalue weighted by atomic mass is 79.9. The topological polar surface area (TPSA) is 72.8 Å². The van der Waals surface area contributed by atoms with Gasteiger partial charge in [0, 0.05) is 22.0 Å². The Morgan fingerprint density at radius 3 is 2.78 bits per heavy atom. The maximum atomic E-state index is 11.6. The molecule has 5 nitrogen and oxygen atoms in total. The number of hydrogen-bond acceptors (Lipinski definition) is 4. The van der Waals surface area contributed by atoms with Crippen LogP contribution in [0.1, 0.15) is 22.8 Å². The van der Waals surface area contributed by atoms with Crippen molar-refractivity contribution >= 4 is 27.7 Å². The van der Waals surface area contributed by atoms with Crippen molar-refractivity contribution in [2.75, 3.05) is 7.11 Å². The molecule has 18 heavy (non-hydrogen) atoms. The zero-order chi connectivity index (χ0) is 13.4. The SMILES string of the molecule is COc1cc(C(=O)C(=O)O)c(Br)c2c1OC(C)C2. The summed E-state index contributed by atoms with van der Waals surface area (Å²) < 4.78 is 11.2. The van der Waals surface area contributed by atoms with Gasteiger partial charge in [-0.2, -0.15) is 0 Å². The molecule has 1 N–H and O–H groups in total. The number of halogens is 1. The van der Waals surface area contributed by atoms with Crippen molar-refractivity contribution in [3.05, 3.63) is 21.7 Å². The number of benzene rings is 1. The smallest absolute Gasteiger partial charge is 0.377 e. The number of Topliss-reactive ketones (excluding diaryl/α,β-unsaturated/α-hetero) is 1. The number of aliphatic carboxylic acids is 1. The fourth-order valence-corrected chi connectivity index (χ4v) is 2.58. The summed E-state index contributed by atoms with van der Waals surface area (Å²) >= 11 is 3.27. The summed E-state index contributed by atoms with van der Waals surface area (Å²) in [6.07, 6.45) is 0.577. The van der Waals surface area contributed by atoms with Crippen LogP contribution >= 0.6 is 15.9 Å². The molecular weight excluding hydrogens is 304 g/mol. The lowest BCUT2D eigenvalue weighted by Crippen LogP contribution is -2.14. The Morgan fingerprint density at radius 1 is 1.56 bits per heavy atom. The van der Waals surface area contributed by atoms with Crippen LogP contribution in [0.5, 0.6) is 11.5 Å². The Kier molecular flexibility index (Phi) is 3.30. The summed E-state index contributed by atoms with van der Waals surface area (Å²) in [6.45, 7) is 1.89. The average Bonchev–Trinajstić information content (AvgIpc) is 2.71. The predicted octanol–water partition coefficient (Wildman–Crippen LogP) is 2.05. The molecule has 0 aliphatic carbocycles. The standard InChI is InChI=1S/C12H11BrO5/c1-5-3-7-9(13)6(10(14)12(15)16)4-8(17-2)11(7)18-5/h4-5H,3H2,1-2H3,(H,15,16). The minimum absolute atomic E-state index is 0.0274. The minimum Gasteiger partial charge on any atom is -0.493 e. The van der Waals surface area contributed by atoms with E-state index in [0.717, 1.165) is 5.56 Å². The lowest BCUT2D eigenvalue weighted by Gasteiger charge is -2.11. The highest BCUT2D eigenvalue weighted by Gasteiger charge is 2.30. The second-order valence-electron chi connectivity index (χ2n) is 4.01. The van der Waals surface area contributed by atoms with Gasteiger partial charge in [0.15, 0.2) is 11.5 Å². The number of methoxy groups -OCH3 is 1. The van der Waals surface area contributed by atoms with E-state index in [9.17, 15) is 9.59 Å². The van der Waals surface area contributed by atoms with E-state index in [1.807, 2.05) is 6.92 Å². The Balaban J connectivity index is 2.62. The first-order chi connectivity index (χ1) is 8.45. The van der Waals surface area contributed by atoms with Crippen LogP contribution in [0.4, 0.5) is 0 Å². The van der Waals surface area contributed by atoms with Gasteiger partial charge in [-0.25, -0.2) is 4.79 Å². The van der Waals surface area contributed by atoms with E-state index in [1.54, 1.807) is 0 Å². The third-order valence-electron chi connectivity index (χ3n) is 2.74. The molecule has 1 aromatic rings. The maximum Gasteiger partial charge on any atom is 0.377 e. The van der Waals surface area contributed by atoms with Crippen molar-refractivity contribution < 1.29 is 24.2 Å². The minimum atomic E-state index is -1.50. The molecule has 6 heteroatoms. The highest BCUT2D eigenvalue weighted by Crippen LogP contribution is 2.44. The molecule has 0 spiro atoms. The fraction of sp³-hybridized carbons (Fsp3) is 0.333. The van der Waals surface area contributed by atoms with Gasteiger partial charge in [-0.3, -0.25) is 4.79 Å². The first kappa shape index (κ1) is 12.9. The van der Waals surface area contributed by atoms with Crippen molar-refractivity contribution in [3.63, 3.8) is 0 Å². The summed E-state index contributed by atoms with van der Waals surface area (Å²) in [7, 11) is 1.45. The van der Waals surface area contributed by atoms with Gasteiger partial charge in [0.1, 0.15) is 6.10 Å². The second-order valence-corrected chi connectivity index (χ2v) is 4.81. The molecule has 1 aromatic carbocycles. The molecule has 1 aliphatic heterocycles. The number of rotatable bonds is 3. The van der Waals surface area contributed by atoms with Crippen molar-refractivity contribution in [2.24, 2.45) is 0 Å². The molecule has 0 amide bonds. The third kappa shape index (κ3) is 1.96. The van der Waals surface area contributed by atoms with E-state index < -0.39 is 11.8 Å². The van der Waals surface area contributed by atoms with E-state index in [4.69, 9.17) is 14.6 Å². The van der Waals surface area contributed by atoms with Crippen molar-refractivity contribution in [1.82, 2.24) is 0 Å². The predicted molar refractivity (Wildman–Crippen MR) is 66.5 cm³/mol. The number of carbonyl (C=O) groups excluding carboxylic acids is 1. The van der Waals surface area contributed by atoms with Gasteiger partial charge >= 0.3 is 5.97 Å². The van der Waals surface area contributed by atoms with E-state index >= 15 is 0 Å². The van der Waals surface area contributed by atoms with Crippen LogP contribution in [0.15, 0.2) is 10.5 Å². The van der Waals surface area contributed by atoms with Gasteiger partial charge < -0.3 is 14.6 Å². The van der Waals surface area contributed by atoms with Gasteiger partial charge in [-0.05, 0) is 28.9 Å². The molecule has 0 radical (unpaired) electrons. The van der Waals surface area contributed by atoms with Crippen LogP contribution in [0, 0.1) is 0 Å². The van der Waals surface area contributed by atoms with Crippen LogP contribution in [0.25, 0.3) is 0 Å². The summed E-state index contributed by atoms with van der Waals surface area (Å²) in [5.41, 5.74) is 0.849. The van der Waals surface area contributed by atoms with Gasteiger partial charge in [0.05, 0.1) is 7.11 Å². The molecule has 0 saturated carbocycles. The number of ketones is 1. The largest absolute Gasteiger partial charge is 0.493 e. The molecule has 0 saturated heterocycles. The summed E-state index contributed by atoms with van der Waals surface area (Å²) in [6, 6.07) is 1.39. The van der Waals surface area contributed by atoms with Crippen LogP contribution in [0.2, 0.25) is 0 Å². The van der Waals surface area contributed by atoms with Gasteiger partial charge in [-0.15, -0.1) is 0 Å². The maximum absolute atomic E-state index is 11.6. The van der Waals surface area contributed by atoms with Crippen molar-refractivity contribution in [1.29, 1.82) is 0 Å². The van der Waals surface area contributed by atoms with E-state index in [2.05, 4.69) is 15.9 Å². The fourth-order valence-electron chi connectivity index (χ4n) is 1.94. The average molecular weight is 315 g/mol. The molecule has 1 unspecified atom stereocenters. The number of carbonyl (C=O) groups is 2. The van der Waals surface area contributed by atoms with Crippen LogP contribution in [-0.4, -0.2) is 30.1 Å². The van der Waals surface area contributed by atoms with Crippen LogP contribution in [0.3, 0.4) is 0 Å². The zero-order valence-corrected chi connectivity index (χ0v) is 11.4. The van der Waals surface area contributed by atoms with Crippen LogP contribution < -0.4 is 9.47 Å². The zero-order valence-electron chi connectivity index (χ0n) is 9.82. The first-order valence-electron chi connectivity index (χ1n) is 5.29. The molecule has 2 rings (SSSR count). The summed E-state index contributed by atoms with van der Waals surface area (Å²) in [5.74, 6) is -1.52. The number of carboxylic acids is 1. The van der Waals surface area contributed by atoms with Gasteiger partial charge in [0.2, 0.25) is 0 Å². The Bertz CT molecular complexity index is 538. The molecule has 1 heterocycles. The third-order valence-corrected chi connectivity index (χ3v) is 3.65. The molecule has 1 atom stereocenters. The lowest BCUT2D eigenvalue weighted by molar-refractivity contribution is -0.131. The molecule has 0 bridgehead atoms. The van der Waals surface area contributed by atoms with E-state index in [-0.39, 0.29) is 11.7 Å². The number of ether oxygens (including phenoxy) is 2. The Hall–Kier alpha value is -1.56. The summed E-state index contributed by atoms with van der Waals surface area (Å²) in [5, 5.41) is 8.78. The monoisotopic (exact) mass is 314 g/mol. The molecular formula is C12H11BrO5. The lowest BCUT2D eigenvalue weighted by atomic mass is 10.0. The van der Waals surface area contributed by atoms with Crippen molar-refractivity contribution in [2.45, 2.75) is 19.4 Å². The quantitative estimate of drug-likeness (QED) is 0.683. The van der Waals surface area contributed by atoms with E-state index in [1.165, 1.54) is 13.2 Å². The highest BCUT2D eigenvalue weighted by molar-refractivity contribution is 9.10. The normalized spacial score (nSPS) is 16.9.